The SMILES string of the molecule is NC(N)=NCCC[C@@H](NC(=O)OCC1CCCCC1)C(=O)O. The second-order valence-electron chi connectivity index (χ2n) is 5.59. The van der Waals surface area contributed by atoms with Crippen LogP contribution in [0.2, 0.25) is 0 Å². The molecule has 0 saturated heterocycles. The number of rotatable bonds is 8. The minimum Gasteiger partial charge on any atom is -0.480 e. The second kappa shape index (κ2) is 9.86. The van der Waals surface area contributed by atoms with Crippen molar-refractivity contribution < 1.29 is 19.4 Å². The zero-order chi connectivity index (χ0) is 16.4. The van der Waals surface area contributed by atoms with E-state index in [9.17, 15) is 9.59 Å². The van der Waals surface area contributed by atoms with Crippen molar-refractivity contribution in [1.82, 2.24) is 5.32 Å². The Labute approximate surface area is 130 Å². The largest absolute Gasteiger partial charge is 0.480 e. The molecule has 0 aromatic rings. The summed E-state index contributed by atoms with van der Waals surface area (Å²) in [7, 11) is 0. The number of hydrogen-bond acceptors (Lipinski definition) is 4. The van der Waals surface area contributed by atoms with Crippen molar-refractivity contribution >= 4 is 18.0 Å². The summed E-state index contributed by atoms with van der Waals surface area (Å²) >= 11 is 0. The van der Waals surface area contributed by atoms with Crippen molar-refractivity contribution in [3.8, 4) is 0 Å². The third-order valence-electron chi connectivity index (χ3n) is 3.71. The van der Waals surface area contributed by atoms with Gasteiger partial charge in [0.1, 0.15) is 6.04 Å². The van der Waals surface area contributed by atoms with Gasteiger partial charge in [0.2, 0.25) is 0 Å². The Balaban J connectivity index is 2.27. The molecule has 0 aromatic heterocycles. The monoisotopic (exact) mass is 314 g/mol. The van der Waals surface area contributed by atoms with Gasteiger partial charge in [-0.25, -0.2) is 9.59 Å². The van der Waals surface area contributed by atoms with Crippen LogP contribution in [0.25, 0.3) is 0 Å². The van der Waals surface area contributed by atoms with E-state index in [-0.39, 0.29) is 12.4 Å². The van der Waals surface area contributed by atoms with E-state index in [4.69, 9.17) is 21.3 Å². The molecule has 0 heterocycles. The van der Waals surface area contributed by atoms with Crippen LogP contribution in [0, 0.1) is 5.92 Å². The first-order chi connectivity index (χ1) is 10.5. The first kappa shape index (κ1) is 18.1. The second-order valence-corrected chi connectivity index (χ2v) is 5.59. The molecule has 1 aliphatic carbocycles. The molecule has 0 radical (unpaired) electrons. The van der Waals surface area contributed by atoms with Crippen molar-refractivity contribution in [1.29, 1.82) is 0 Å². The predicted molar refractivity (Wildman–Crippen MR) is 82.4 cm³/mol. The van der Waals surface area contributed by atoms with Crippen LogP contribution in [-0.2, 0) is 9.53 Å². The maximum atomic E-state index is 11.7. The lowest BCUT2D eigenvalue weighted by atomic mass is 9.90. The molecule has 1 amide bonds. The third kappa shape index (κ3) is 7.70. The summed E-state index contributed by atoms with van der Waals surface area (Å²) in [5.74, 6) is -0.740. The van der Waals surface area contributed by atoms with Crippen molar-refractivity contribution in [3.63, 3.8) is 0 Å². The molecule has 8 heteroatoms. The number of nitrogens with zero attached hydrogens (tertiary/aromatic N) is 1. The molecule has 1 aliphatic rings. The van der Waals surface area contributed by atoms with Crippen LogP contribution in [-0.4, -0.2) is 42.3 Å². The van der Waals surface area contributed by atoms with Crippen molar-refractivity contribution in [2.24, 2.45) is 22.4 Å². The summed E-state index contributed by atoms with van der Waals surface area (Å²) in [6.07, 6.45) is 5.71. The molecule has 8 nitrogen and oxygen atoms in total. The van der Waals surface area contributed by atoms with Crippen LogP contribution >= 0.6 is 0 Å². The quantitative estimate of drug-likeness (QED) is 0.297. The van der Waals surface area contributed by atoms with Crippen molar-refractivity contribution in [2.45, 2.75) is 51.0 Å². The molecule has 1 fully saturated rings. The van der Waals surface area contributed by atoms with Gasteiger partial charge in [0, 0.05) is 6.54 Å². The normalized spacial score (nSPS) is 16.5. The Morgan fingerprint density at radius 2 is 1.95 bits per heavy atom. The minimum atomic E-state index is -1.10. The fourth-order valence-electron chi connectivity index (χ4n) is 2.49. The van der Waals surface area contributed by atoms with Crippen molar-refractivity contribution in [2.75, 3.05) is 13.2 Å². The van der Waals surface area contributed by atoms with E-state index in [1.807, 2.05) is 0 Å². The molecule has 126 valence electrons. The maximum Gasteiger partial charge on any atom is 0.407 e. The van der Waals surface area contributed by atoms with Crippen LogP contribution < -0.4 is 16.8 Å². The smallest absolute Gasteiger partial charge is 0.407 e. The van der Waals surface area contributed by atoms with Crippen LogP contribution in [0.1, 0.15) is 44.9 Å². The van der Waals surface area contributed by atoms with Gasteiger partial charge in [-0.05, 0) is 31.6 Å². The minimum absolute atomic E-state index is 0.0354. The summed E-state index contributed by atoms with van der Waals surface area (Å²) in [6, 6.07) is -0.993. The van der Waals surface area contributed by atoms with E-state index in [1.165, 1.54) is 6.42 Å². The van der Waals surface area contributed by atoms with Gasteiger partial charge >= 0.3 is 12.1 Å². The molecule has 1 atom stereocenters. The van der Waals surface area contributed by atoms with Crippen LogP contribution in [0.15, 0.2) is 4.99 Å². The fraction of sp³-hybridized carbons (Fsp3) is 0.786. The van der Waals surface area contributed by atoms with Crippen LogP contribution in [0.4, 0.5) is 4.79 Å². The number of alkyl carbamates (subject to hydrolysis) is 1. The molecule has 22 heavy (non-hydrogen) atoms. The van der Waals surface area contributed by atoms with Gasteiger partial charge in [0.15, 0.2) is 5.96 Å². The number of ether oxygens (including phenoxy) is 1. The number of nitrogens with two attached hydrogens (primary N) is 2. The lowest BCUT2D eigenvalue weighted by Crippen LogP contribution is -2.41. The molecule has 1 saturated carbocycles. The number of aliphatic carboxylic acids is 1. The van der Waals surface area contributed by atoms with Crippen molar-refractivity contribution in [3.05, 3.63) is 0 Å². The Morgan fingerprint density at radius 3 is 2.55 bits per heavy atom. The van der Waals surface area contributed by atoms with Gasteiger partial charge < -0.3 is 26.6 Å². The lowest BCUT2D eigenvalue weighted by molar-refractivity contribution is -0.139. The average Bonchev–Trinajstić information content (AvgIpc) is 2.48. The molecule has 0 aromatic carbocycles. The number of hydrogen-bond donors (Lipinski definition) is 4. The number of guanidine groups is 1. The summed E-state index contributed by atoms with van der Waals surface area (Å²) < 4.78 is 5.13. The topological polar surface area (TPSA) is 140 Å². The highest BCUT2D eigenvalue weighted by Crippen LogP contribution is 2.23. The molecule has 0 unspecified atom stereocenters. The Bertz CT molecular complexity index is 390. The van der Waals surface area contributed by atoms with Crippen LogP contribution in [0.3, 0.4) is 0 Å². The third-order valence-corrected chi connectivity index (χ3v) is 3.71. The van der Waals surface area contributed by atoms with E-state index in [1.54, 1.807) is 0 Å². The fourth-order valence-corrected chi connectivity index (χ4v) is 2.49. The number of carboxylic acid groups (broad SMARTS) is 1. The number of carbonyl (C=O) groups excluding carboxylic acids is 1. The molecule has 6 N–H and O–H groups in total. The average molecular weight is 314 g/mol. The lowest BCUT2D eigenvalue weighted by Gasteiger charge is -2.21. The van der Waals surface area contributed by atoms with E-state index in [0.717, 1.165) is 25.7 Å². The Morgan fingerprint density at radius 1 is 1.27 bits per heavy atom. The summed E-state index contributed by atoms with van der Waals surface area (Å²) in [4.78, 5) is 26.6. The van der Waals surface area contributed by atoms with E-state index in [0.29, 0.717) is 25.5 Å². The molecule has 1 rings (SSSR count). The first-order valence-electron chi connectivity index (χ1n) is 7.70. The highest BCUT2D eigenvalue weighted by atomic mass is 16.5. The number of carbonyl (C=O) groups is 2. The van der Waals surface area contributed by atoms with Crippen LogP contribution in [0.5, 0.6) is 0 Å². The highest BCUT2D eigenvalue weighted by Gasteiger charge is 2.21. The molecular weight excluding hydrogens is 288 g/mol. The highest BCUT2D eigenvalue weighted by molar-refractivity contribution is 5.79. The molecular formula is C14H26N4O4. The zero-order valence-electron chi connectivity index (χ0n) is 12.8. The Hall–Kier alpha value is -1.99. The van der Waals surface area contributed by atoms with Gasteiger partial charge in [-0.3, -0.25) is 4.99 Å². The van der Waals surface area contributed by atoms with Gasteiger partial charge in [-0.1, -0.05) is 19.3 Å². The number of amides is 1. The number of aliphatic imine (C=N–C) groups is 1. The molecule has 0 spiro atoms. The van der Waals surface area contributed by atoms with E-state index in [2.05, 4.69) is 10.3 Å². The molecule has 0 bridgehead atoms. The summed E-state index contributed by atoms with van der Waals surface area (Å²) in [5.41, 5.74) is 10.4. The van der Waals surface area contributed by atoms with Gasteiger partial charge in [0.05, 0.1) is 6.61 Å². The van der Waals surface area contributed by atoms with Gasteiger partial charge in [0.25, 0.3) is 0 Å². The maximum absolute atomic E-state index is 11.7. The Kier molecular flexibility index (Phi) is 8.09. The number of carboxylic acids is 1. The predicted octanol–water partition coefficient (Wildman–Crippen LogP) is 0.800. The van der Waals surface area contributed by atoms with E-state index < -0.39 is 18.1 Å². The zero-order valence-corrected chi connectivity index (χ0v) is 12.8. The van der Waals surface area contributed by atoms with Gasteiger partial charge in [-0.15, -0.1) is 0 Å². The summed E-state index contributed by atoms with van der Waals surface area (Å²) in [6.45, 7) is 0.678. The van der Waals surface area contributed by atoms with E-state index >= 15 is 0 Å². The van der Waals surface area contributed by atoms with Gasteiger partial charge in [-0.2, -0.15) is 0 Å². The number of nitrogens with one attached hydrogen (secondary N) is 1. The first-order valence-corrected chi connectivity index (χ1v) is 7.70. The summed E-state index contributed by atoms with van der Waals surface area (Å²) in [5, 5.41) is 11.5. The standard InChI is InChI=1S/C14H26N4O4/c15-13(16)17-8-4-7-11(12(19)20)18-14(21)22-9-10-5-2-1-3-6-10/h10-11H,1-9H2,(H,18,21)(H,19,20)(H4,15,16,17)/t11-/m1/s1. The molecule has 0 aliphatic heterocycles.